The van der Waals surface area contributed by atoms with Gasteiger partial charge in [-0.05, 0) is 6.54 Å². The minimum Gasteiger partial charge on any atom is -0.480 e. The van der Waals surface area contributed by atoms with Gasteiger partial charge in [0.1, 0.15) is 6.04 Å². The third-order valence-corrected chi connectivity index (χ3v) is 2.65. The quantitative estimate of drug-likeness (QED) is 0.529. The number of nitrogens with one attached hydrogen (secondary N) is 1. The number of carboxylic acid groups (broad SMARTS) is 1. The van der Waals surface area contributed by atoms with Crippen LogP contribution in [0.2, 0.25) is 0 Å². The molecule has 1 rings (SSSR count). The maximum absolute atomic E-state index is 11.7. The predicted octanol–water partition coefficient (Wildman–Crippen LogP) is -0.968. The Bertz CT molecular complexity index is 270. The fourth-order valence-corrected chi connectivity index (χ4v) is 1.84. The molecule has 16 heavy (non-hydrogen) atoms. The van der Waals surface area contributed by atoms with Gasteiger partial charge in [0.2, 0.25) is 5.91 Å². The van der Waals surface area contributed by atoms with Crippen molar-refractivity contribution in [2.75, 3.05) is 19.6 Å². The summed E-state index contributed by atoms with van der Waals surface area (Å²) in [6.07, 6.45) is -0.323. The number of nitrogens with zero attached hydrogens (tertiary/aromatic N) is 1. The second kappa shape index (κ2) is 5.81. The first kappa shape index (κ1) is 12.9. The van der Waals surface area contributed by atoms with Crippen molar-refractivity contribution in [2.45, 2.75) is 31.9 Å². The van der Waals surface area contributed by atoms with Crippen molar-refractivity contribution in [1.82, 2.24) is 10.2 Å². The fraction of sp³-hybridized carbons (Fsp3) is 0.800. The SMILES string of the molecule is CCNCCC(=O)N1C[C@H](O)C[C@H]1C(=O)O. The molecule has 1 fully saturated rings. The van der Waals surface area contributed by atoms with Crippen LogP contribution in [0.25, 0.3) is 0 Å². The lowest BCUT2D eigenvalue weighted by molar-refractivity contribution is -0.148. The molecule has 6 nitrogen and oxygen atoms in total. The summed E-state index contributed by atoms with van der Waals surface area (Å²) in [5.74, 6) is -1.27. The highest BCUT2D eigenvalue weighted by Crippen LogP contribution is 2.18. The van der Waals surface area contributed by atoms with Crippen molar-refractivity contribution in [3.8, 4) is 0 Å². The van der Waals surface area contributed by atoms with E-state index in [4.69, 9.17) is 5.11 Å². The zero-order valence-corrected chi connectivity index (χ0v) is 9.35. The number of rotatable bonds is 5. The molecule has 6 heteroatoms. The summed E-state index contributed by atoms with van der Waals surface area (Å²) in [5.41, 5.74) is 0. The number of hydrogen-bond donors (Lipinski definition) is 3. The third kappa shape index (κ3) is 3.18. The van der Waals surface area contributed by atoms with E-state index in [1.807, 2.05) is 6.92 Å². The first-order valence-electron chi connectivity index (χ1n) is 5.47. The van der Waals surface area contributed by atoms with Crippen LogP contribution >= 0.6 is 0 Å². The lowest BCUT2D eigenvalue weighted by Crippen LogP contribution is -2.41. The van der Waals surface area contributed by atoms with E-state index in [2.05, 4.69) is 5.32 Å². The van der Waals surface area contributed by atoms with Gasteiger partial charge in [0, 0.05) is 25.9 Å². The van der Waals surface area contributed by atoms with Gasteiger partial charge in [-0.2, -0.15) is 0 Å². The molecule has 0 bridgehead atoms. The highest BCUT2D eigenvalue weighted by Gasteiger charge is 2.38. The number of hydrogen-bond acceptors (Lipinski definition) is 4. The summed E-state index contributed by atoms with van der Waals surface area (Å²) in [6.45, 7) is 3.37. The highest BCUT2D eigenvalue weighted by atomic mass is 16.4. The molecule has 0 spiro atoms. The largest absolute Gasteiger partial charge is 0.480 e. The van der Waals surface area contributed by atoms with Crippen molar-refractivity contribution in [3.05, 3.63) is 0 Å². The van der Waals surface area contributed by atoms with Crippen LogP contribution in [0.1, 0.15) is 19.8 Å². The highest BCUT2D eigenvalue weighted by molar-refractivity contribution is 5.84. The van der Waals surface area contributed by atoms with Crippen LogP contribution in [-0.4, -0.2) is 58.8 Å². The third-order valence-electron chi connectivity index (χ3n) is 2.65. The van der Waals surface area contributed by atoms with Crippen molar-refractivity contribution < 1.29 is 19.8 Å². The van der Waals surface area contributed by atoms with Crippen molar-refractivity contribution in [3.63, 3.8) is 0 Å². The maximum atomic E-state index is 11.7. The van der Waals surface area contributed by atoms with Crippen LogP contribution in [0.15, 0.2) is 0 Å². The number of carbonyl (C=O) groups excluding carboxylic acids is 1. The van der Waals surface area contributed by atoms with E-state index in [0.717, 1.165) is 6.54 Å². The lowest BCUT2D eigenvalue weighted by atomic mass is 10.2. The topological polar surface area (TPSA) is 89.9 Å². The molecule has 2 atom stereocenters. The first-order valence-corrected chi connectivity index (χ1v) is 5.47. The van der Waals surface area contributed by atoms with Gasteiger partial charge in [-0.3, -0.25) is 4.79 Å². The molecule has 1 saturated heterocycles. The van der Waals surface area contributed by atoms with Crippen molar-refractivity contribution >= 4 is 11.9 Å². The Morgan fingerprint density at radius 1 is 1.50 bits per heavy atom. The fourth-order valence-electron chi connectivity index (χ4n) is 1.84. The molecule has 0 aromatic heterocycles. The van der Waals surface area contributed by atoms with Crippen LogP contribution in [0, 0.1) is 0 Å². The Kier molecular flexibility index (Phi) is 4.70. The second-order valence-electron chi connectivity index (χ2n) is 3.89. The Morgan fingerprint density at radius 3 is 2.75 bits per heavy atom. The standard InChI is InChI=1S/C10H18N2O4/c1-2-11-4-3-9(14)12-6-7(13)5-8(12)10(15)16/h7-8,11,13H,2-6H2,1H3,(H,15,16)/t7-,8+/m1/s1. The minimum atomic E-state index is -1.05. The maximum Gasteiger partial charge on any atom is 0.326 e. The van der Waals surface area contributed by atoms with Gasteiger partial charge in [-0.1, -0.05) is 6.92 Å². The van der Waals surface area contributed by atoms with E-state index >= 15 is 0 Å². The van der Waals surface area contributed by atoms with Crippen LogP contribution in [0.3, 0.4) is 0 Å². The summed E-state index contributed by atoms with van der Waals surface area (Å²) in [7, 11) is 0. The summed E-state index contributed by atoms with van der Waals surface area (Å²) in [5, 5.41) is 21.3. The number of aliphatic hydroxyl groups is 1. The Hall–Kier alpha value is -1.14. The molecule has 1 aliphatic rings. The molecule has 1 aliphatic heterocycles. The van der Waals surface area contributed by atoms with Crippen LogP contribution in [0.5, 0.6) is 0 Å². The molecule has 3 N–H and O–H groups in total. The first-order chi connectivity index (χ1) is 7.56. The molecule has 0 aromatic carbocycles. The molecule has 0 unspecified atom stereocenters. The predicted molar refractivity (Wildman–Crippen MR) is 56.9 cm³/mol. The van der Waals surface area contributed by atoms with E-state index in [-0.39, 0.29) is 25.3 Å². The monoisotopic (exact) mass is 230 g/mol. The number of amides is 1. The molecule has 92 valence electrons. The van der Waals surface area contributed by atoms with Gasteiger partial charge in [-0.15, -0.1) is 0 Å². The molecule has 1 heterocycles. The zero-order chi connectivity index (χ0) is 12.1. The molecule has 0 radical (unpaired) electrons. The number of aliphatic carboxylic acids is 1. The average Bonchev–Trinajstić information content (AvgIpc) is 2.61. The number of carbonyl (C=O) groups is 2. The van der Waals surface area contributed by atoms with Crippen LogP contribution < -0.4 is 5.32 Å². The molecule has 0 saturated carbocycles. The van der Waals surface area contributed by atoms with E-state index in [1.165, 1.54) is 4.90 Å². The van der Waals surface area contributed by atoms with Gasteiger partial charge < -0.3 is 20.4 Å². The Balaban J connectivity index is 2.50. The second-order valence-corrected chi connectivity index (χ2v) is 3.89. The Labute approximate surface area is 94.2 Å². The van der Waals surface area contributed by atoms with E-state index < -0.39 is 18.1 Å². The van der Waals surface area contributed by atoms with Gasteiger partial charge in [0.15, 0.2) is 0 Å². The van der Waals surface area contributed by atoms with Gasteiger partial charge in [0.05, 0.1) is 6.10 Å². The summed E-state index contributed by atoms with van der Waals surface area (Å²) < 4.78 is 0. The number of aliphatic hydroxyl groups excluding tert-OH is 1. The smallest absolute Gasteiger partial charge is 0.326 e. The van der Waals surface area contributed by atoms with Crippen molar-refractivity contribution in [2.24, 2.45) is 0 Å². The number of likely N-dealkylation sites (tertiary alicyclic amines) is 1. The summed E-state index contributed by atoms with van der Waals surface area (Å²) >= 11 is 0. The van der Waals surface area contributed by atoms with Gasteiger partial charge in [-0.25, -0.2) is 4.79 Å². The van der Waals surface area contributed by atoms with Crippen LogP contribution in [0.4, 0.5) is 0 Å². The molecular formula is C10H18N2O4. The minimum absolute atomic E-state index is 0.127. The lowest BCUT2D eigenvalue weighted by Gasteiger charge is -2.21. The average molecular weight is 230 g/mol. The normalized spacial score (nSPS) is 24.8. The van der Waals surface area contributed by atoms with E-state index in [9.17, 15) is 14.7 Å². The number of β-amino-alcohol motifs (C(OH)–C–C–N with tert-alkyl or cyclic N) is 1. The van der Waals surface area contributed by atoms with Crippen LogP contribution in [-0.2, 0) is 9.59 Å². The Morgan fingerprint density at radius 2 is 2.19 bits per heavy atom. The van der Waals surface area contributed by atoms with E-state index in [0.29, 0.717) is 6.54 Å². The molecule has 0 aromatic rings. The molecule has 1 amide bonds. The zero-order valence-electron chi connectivity index (χ0n) is 9.35. The number of carboxylic acids is 1. The summed E-state index contributed by atoms with van der Waals surface area (Å²) in [6, 6.07) is -0.871. The summed E-state index contributed by atoms with van der Waals surface area (Å²) in [4.78, 5) is 23.8. The molecule has 0 aliphatic carbocycles. The van der Waals surface area contributed by atoms with Gasteiger partial charge >= 0.3 is 5.97 Å². The van der Waals surface area contributed by atoms with E-state index in [1.54, 1.807) is 0 Å². The van der Waals surface area contributed by atoms with Crippen molar-refractivity contribution in [1.29, 1.82) is 0 Å². The molecular weight excluding hydrogens is 212 g/mol. The van der Waals surface area contributed by atoms with Gasteiger partial charge in [0.25, 0.3) is 0 Å².